The Bertz CT molecular complexity index is 1670. The number of benzene rings is 2. The van der Waals surface area contributed by atoms with Crippen molar-refractivity contribution in [3.63, 3.8) is 0 Å². The first-order valence-corrected chi connectivity index (χ1v) is 14.5. The van der Waals surface area contributed by atoms with E-state index in [0.29, 0.717) is 25.3 Å². The second-order valence-electron chi connectivity index (χ2n) is 9.80. The Morgan fingerprint density at radius 3 is 2.73 bits per heavy atom. The van der Waals surface area contributed by atoms with Gasteiger partial charge in [0.05, 0.1) is 12.1 Å². The van der Waals surface area contributed by atoms with Crippen molar-refractivity contribution >= 4 is 28.8 Å². The molecule has 0 amide bonds. The number of fused-ring (bicyclic) bond motifs is 1. The lowest BCUT2D eigenvalue weighted by molar-refractivity contribution is 0.134. The van der Waals surface area contributed by atoms with Gasteiger partial charge in [0.15, 0.2) is 11.3 Å². The normalized spacial score (nSPS) is 11.4. The molecule has 0 radical (unpaired) electrons. The van der Waals surface area contributed by atoms with E-state index in [9.17, 15) is 4.79 Å². The monoisotopic (exact) mass is 557 g/mol. The Morgan fingerprint density at radius 2 is 1.95 bits per heavy atom. The second-order valence-corrected chi connectivity index (χ2v) is 10.6. The Labute approximate surface area is 238 Å². The largest absolute Gasteiger partial charge is 0.377 e. The molecule has 0 aliphatic rings. The molecule has 5 aromatic rings. The van der Waals surface area contributed by atoms with Crippen LogP contribution < -0.4 is 10.3 Å². The standard InChI is InChI=1S/C31H35N5O3S/c1-5-7-12-28-33-29-26(15-16-32-31(29)37)36(28)18-22-13-14-24(23(17-22)19-38-6-2)25-10-8-9-11-27(25)40-35-30-20(3)21(4)39-34-30/h8-11,13-17H,5-7,12,18-19H2,1-4H3,(H,32,37)(H,34,35). The molecule has 40 heavy (non-hydrogen) atoms. The van der Waals surface area contributed by atoms with Crippen LogP contribution in [0.4, 0.5) is 5.82 Å². The van der Waals surface area contributed by atoms with E-state index in [1.165, 1.54) is 11.9 Å². The fourth-order valence-electron chi connectivity index (χ4n) is 4.73. The summed E-state index contributed by atoms with van der Waals surface area (Å²) in [5.41, 5.74) is 6.67. The van der Waals surface area contributed by atoms with Gasteiger partial charge in [-0.1, -0.05) is 54.9 Å². The summed E-state index contributed by atoms with van der Waals surface area (Å²) in [6.45, 7) is 9.83. The van der Waals surface area contributed by atoms with Gasteiger partial charge in [-0.05, 0) is 73.5 Å². The molecule has 0 unspecified atom stereocenters. The highest BCUT2D eigenvalue weighted by atomic mass is 32.2. The lowest BCUT2D eigenvalue weighted by atomic mass is 9.97. The number of ether oxygens (including phenoxy) is 1. The lowest BCUT2D eigenvalue weighted by Gasteiger charge is -2.16. The molecule has 0 spiro atoms. The van der Waals surface area contributed by atoms with Crippen LogP contribution in [0.3, 0.4) is 0 Å². The van der Waals surface area contributed by atoms with Crippen molar-refractivity contribution in [2.45, 2.75) is 65.0 Å². The zero-order valence-corrected chi connectivity index (χ0v) is 24.2. The first kappa shape index (κ1) is 27.7. The summed E-state index contributed by atoms with van der Waals surface area (Å²) in [6, 6.07) is 16.8. The zero-order valence-electron chi connectivity index (χ0n) is 23.4. The molecular formula is C31H35N5O3S. The number of hydrogen-bond donors (Lipinski definition) is 2. The fourth-order valence-corrected chi connectivity index (χ4v) is 5.56. The van der Waals surface area contributed by atoms with Crippen LogP contribution in [0.1, 0.15) is 55.0 Å². The molecule has 0 bridgehead atoms. The summed E-state index contributed by atoms with van der Waals surface area (Å²) < 4.78 is 16.8. The average Bonchev–Trinajstić information content (AvgIpc) is 3.49. The molecule has 0 fully saturated rings. The van der Waals surface area contributed by atoms with Crippen LogP contribution in [0.25, 0.3) is 22.2 Å². The highest BCUT2D eigenvalue weighted by Gasteiger charge is 2.16. The summed E-state index contributed by atoms with van der Waals surface area (Å²) in [5.74, 6) is 2.47. The summed E-state index contributed by atoms with van der Waals surface area (Å²) in [5, 5.41) is 4.13. The van der Waals surface area contributed by atoms with Crippen LogP contribution in [0.5, 0.6) is 0 Å². The second kappa shape index (κ2) is 12.6. The number of hydrogen-bond acceptors (Lipinski definition) is 7. The number of nitrogens with zero attached hydrogens (tertiary/aromatic N) is 3. The smallest absolute Gasteiger partial charge is 0.276 e. The number of imidazole rings is 1. The van der Waals surface area contributed by atoms with Crippen molar-refractivity contribution in [2.24, 2.45) is 0 Å². The number of aromatic amines is 1. The van der Waals surface area contributed by atoms with Gasteiger partial charge in [-0.25, -0.2) is 4.98 Å². The summed E-state index contributed by atoms with van der Waals surface area (Å²) in [6.07, 6.45) is 4.61. The SMILES string of the molecule is CCCCc1nc2c(=O)[nH]ccc2n1Cc1ccc(-c2ccccc2SNc2noc(C)c2C)c(COCC)c1. The number of anilines is 1. The van der Waals surface area contributed by atoms with E-state index in [0.717, 1.165) is 74.9 Å². The molecule has 2 N–H and O–H groups in total. The van der Waals surface area contributed by atoms with E-state index in [-0.39, 0.29) is 5.56 Å². The molecule has 9 heteroatoms. The molecule has 3 heterocycles. The third-order valence-electron chi connectivity index (χ3n) is 7.07. The Hall–Kier alpha value is -3.82. The molecule has 2 aromatic carbocycles. The minimum absolute atomic E-state index is 0.153. The molecule has 0 aliphatic heterocycles. The Morgan fingerprint density at radius 1 is 1.10 bits per heavy atom. The van der Waals surface area contributed by atoms with Crippen molar-refractivity contribution < 1.29 is 9.26 Å². The van der Waals surface area contributed by atoms with Crippen LogP contribution >= 0.6 is 11.9 Å². The molecule has 3 aromatic heterocycles. The number of aryl methyl sites for hydroxylation is 2. The average molecular weight is 558 g/mol. The molecule has 0 aliphatic carbocycles. The maximum atomic E-state index is 12.5. The number of aromatic nitrogens is 4. The number of unbranched alkanes of at least 4 members (excludes halogenated alkanes) is 1. The van der Waals surface area contributed by atoms with Crippen molar-refractivity contribution in [1.82, 2.24) is 19.7 Å². The minimum atomic E-state index is -0.153. The van der Waals surface area contributed by atoms with Crippen LogP contribution in [0.15, 0.2) is 68.9 Å². The van der Waals surface area contributed by atoms with Crippen LogP contribution in [-0.2, 0) is 24.3 Å². The molecule has 208 valence electrons. The van der Waals surface area contributed by atoms with Crippen molar-refractivity contribution in [3.05, 3.63) is 93.4 Å². The van der Waals surface area contributed by atoms with Gasteiger partial charge in [-0.2, -0.15) is 0 Å². The summed E-state index contributed by atoms with van der Waals surface area (Å²) >= 11 is 1.52. The van der Waals surface area contributed by atoms with E-state index < -0.39 is 0 Å². The summed E-state index contributed by atoms with van der Waals surface area (Å²) in [4.78, 5) is 21.0. The number of nitrogens with one attached hydrogen (secondary N) is 2. The van der Waals surface area contributed by atoms with E-state index in [1.807, 2.05) is 32.9 Å². The Kier molecular flexibility index (Phi) is 8.72. The van der Waals surface area contributed by atoms with Crippen molar-refractivity contribution in [3.8, 4) is 11.1 Å². The van der Waals surface area contributed by atoms with Crippen LogP contribution in [0, 0.1) is 13.8 Å². The van der Waals surface area contributed by atoms with E-state index in [4.69, 9.17) is 14.2 Å². The molecule has 0 saturated carbocycles. The number of H-pyrrole nitrogens is 1. The molecular weight excluding hydrogens is 522 g/mol. The predicted octanol–water partition coefficient (Wildman–Crippen LogP) is 7.04. The Balaban J connectivity index is 1.49. The highest BCUT2D eigenvalue weighted by molar-refractivity contribution is 8.00. The lowest BCUT2D eigenvalue weighted by Crippen LogP contribution is -2.07. The van der Waals surface area contributed by atoms with Crippen molar-refractivity contribution in [1.29, 1.82) is 0 Å². The van der Waals surface area contributed by atoms with E-state index >= 15 is 0 Å². The van der Waals surface area contributed by atoms with Gasteiger partial charge in [-0.15, -0.1) is 0 Å². The van der Waals surface area contributed by atoms with Gasteiger partial charge >= 0.3 is 0 Å². The van der Waals surface area contributed by atoms with Gasteiger partial charge in [0.2, 0.25) is 0 Å². The van der Waals surface area contributed by atoms with Gasteiger partial charge in [0.25, 0.3) is 5.56 Å². The quantitative estimate of drug-likeness (QED) is 0.159. The van der Waals surface area contributed by atoms with E-state index in [2.05, 4.69) is 62.8 Å². The molecule has 8 nitrogen and oxygen atoms in total. The topological polar surface area (TPSA) is 98.0 Å². The van der Waals surface area contributed by atoms with E-state index in [1.54, 1.807) is 6.20 Å². The zero-order chi connectivity index (χ0) is 28.1. The van der Waals surface area contributed by atoms with Gasteiger partial charge in [-0.3, -0.25) is 4.79 Å². The third-order valence-corrected chi connectivity index (χ3v) is 7.95. The van der Waals surface area contributed by atoms with Crippen LogP contribution in [0.2, 0.25) is 0 Å². The van der Waals surface area contributed by atoms with Crippen molar-refractivity contribution in [2.75, 3.05) is 11.3 Å². The first-order chi connectivity index (χ1) is 19.5. The number of pyridine rings is 1. The molecule has 0 atom stereocenters. The van der Waals surface area contributed by atoms with Crippen LogP contribution in [-0.4, -0.2) is 26.3 Å². The predicted molar refractivity (Wildman–Crippen MR) is 161 cm³/mol. The maximum Gasteiger partial charge on any atom is 0.276 e. The molecule has 5 rings (SSSR count). The minimum Gasteiger partial charge on any atom is -0.377 e. The molecule has 0 saturated heterocycles. The highest BCUT2D eigenvalue weighted by Crippen LogP contribution is 2.35. The fraction of sp³-hybridized carbons (Fsp3) is 0.323. The summed E-state index contributed by atoms with van der Waals surface area (Å²) in [7, 11) is 0. The van der Waals surface area contributed by atoms with Gasteiger partial charge < -0.3 is 23.5 Å². The third kappa shape index (κ3) is 5.85. The first-order valence-electron chi connectivity index (χ1n) is 13.7. The maximum absolute atomic E-state index is 12.5. The van der Waals surface area contributed by atoms with Gasteiger partial charge in [0, 0.05) is 36.2 Å². The van der Waals surface area contributed by atoms with Gasteiger partial charge in [0.1, 0.15) is 11.6 Å². The number of rotatable bonds is 12.